The molecule has 0 radical (unpaired) electrons. The Labute approximate surface area is 191 Å². The summed E-state index contributed by atoms with van der Waals surface area (Å²) in [6, 6.07) is 7.51. The van der Waals surface area contributed by atoms with Crippen LogP contribution in [0.5, 0.6) is 11.5 Å². The Morgan fingerprint density at radius 2 is 2.03 bits per heavy atom. The van der Waals surface area contributed by atoms with Gasteiger partial charge in [-0.25, -0.2) is 15.0 Å². The van der Waals surface area contributed by atoms with E-state index in [0.717, 1.165) is 58.8 Å². The van der Waals surface area contributed by atoms with E-state index in [1.165, 1.54) is 12.8 Å². The smallest absolute Gasteiger partial charge is 0.227 e. The minimum Gasteiger partial charge on any atom is -0.497 e. The highest BCUT2D eigenvalue weighted by atomic mass is 32.1. The lowest BCUT2D eigenvalue weighted by molar-refractivity contribution is 0.120. The number of anilines is 3. The van der Waals surface area contributed by atoms with Gasteiger partial charge in [0.25, 0.3) is 0 Å². The van der Waals surface area contributed by atoms with Crippen molar-refractivity contribution in [2.24, 2.45) is 0 Å². The number of nitrogens with one attached hydrogen (secondary N) is 2. The molecule has 2 fully saturated rings. The maximum Gasteiger partial charge on any atom is 0.227 e. The van der Waals surface area contributed by atoms with E-state index in [-0.39, 0.29) is 6.10 Å². The summed E-state index contributed by atoms with van der Waals surface area (Å²) >= 11 is 1.65. The normalized spacial score (nSPS) is 17.9. The van der Waals surface area contributed by atoms with Crippen LogP contribution in [0.3, 0.4) is 0 Å². The van der Waals surface area contributed by atoms with E-state index in [4.69, 9.17) is 24.2 Å². The molecular weight excluding hydrogens is 426 g/mol. The minimum absolute atomic E-state index is 0.277. The van der Waals surface area contributed by atoms with Gasteiger partial charge >= 0.3 is 0 Å². The first-order valence-electron chi connectivity index (χ1n) is 10.9. The molecule has 2 aliphatic rings. The van der Waals surface area contributed by atoms with Crippen LogP contribution in [0, 0.1) is 0 Å². The molecule has 1 aliphatic carbocycles. The lowest BCUT2D eigenvalue weighted by atomic mass is 10.2. The van der Waals surface area contributed by atoms with Crippen LogP contribution < -0.4 is 20.1 Å². The number of ether oxygens (including phenoxy) is 3. The molecule has 8 nitrogen and oxygen atoms in total. The van der Waals surface area contributed by atoms with E-state index in [0.29, 0.717) is 17.6 Å². The number of thiazole rings is 1. The number of hydrogen-bond donors (Lipinski definition) is 2. The predicted octanol–water partition coefficient (Wildman–Crippen LogP) is 4.83. The summed E-state index contributed by atoms with van der Waals surface area (Å²) < 4.78 is 16.5. The van der Waals surface area contributed by atoms with E-state index < -0.39 is 0 Å². The summed E-state index contributed by atoms with van der Waals surface area (Å²) in [5.41, 5.74) is 2.75. The first-order chi connectivity index (χ1) is 15.7. The molecule has 1 aromatic carbocycles. The second kappa shape index (κ2) is 9.30. The van der Waals surface area contributed by atoms with Gasteiger partial charge in [-0.3, -0.25) is 0 Å². The Balaban J connectivity index is 1.39. The van der Waals surface area contributed by atoms with Crippen molar-refractivity contribution in [3.63, 3.8) is 0 Å². The number of rotatable bonds is 9. The monoisotopic (exact) mass is 453 g/mol. The molecule has 9 heteroatoms. The molecule has 1 atom stereocenters. The fraction of sp³-hybridized carbons (Fsp3) is 0.435. The molecule has 0 bridgehead atoms. The van der Waals surface area contributed by atoms with Crippen LogP contribution in [0.15, 0.2) is 30.5 Å². The molecule has 1 saturated carbocycles. The van der Waals surface area contributed by atoms with Gasteiger partial charge in [-0.05, 0) is 43.9 Å². The second-order valence-electron chi connectivity index (χ2n) is 7.98. The Kier molecular flexibility index (Phi) is 6.09. The number of methoxy groups -OCH3 is 2. The lowest BCUT2D eigenvalue weighted by Crippen LogP contribution is -2.18. The highest BCUT2D eigenvalue weighted by Gasteiger charge is 2.31. The van der Waals surface area contributed by atoms with Crippen LogP contribution in [0.25, 0.3) is 10.6 Å². The third-order valence-corrected chi connectivity index (χ3v) is 6.72. The Morgan fingerprint density at radius 3 is 2.78 bits per heavy atom. The molecule has 168 valence electrons. The number of hydrogen-bond acceptors (Lipinski definition) is 9. The fourth-order valence-corrected chi connectivity index (χ4v) is 4.84. The molecule has 1 saturated heterocycles. The van der Waals surface area contributed by atoms with Gasteiger partial charge in [-0.2, -0.15) is 0 Å². The van der Waals surface area contributed by atoms with Gasteiger partial charge in [-0.15, -0.1) is 0 Å². The Morgan fingerprint density at radius 1 is 1.12 bits per heavy atom. The SMILES string of the molecule is COc1ccc(OC)c(Nc2nccc(-c3sc(NCC4CCCO4)nc3C3CC3)n2)c1. The fourth-order valence-electron chi connectivity index (χ4n) is 3.81. The number of aromatic nitrogens is 3. The quantitative estimate of drug-likeness (QED) is 0.476. The van der Waals surface area contributed by atoms with E-state index >= 15 is 0 Å². The Bertz CT molecular complexity index is 1080. The van der Waals surface area contributed by atoms with Gasteiger partial charge < -0.3 is 24.8 Å². The average Bonchev–Trinajstić information content (AvgIpc) is 3.36. The number of nitrogens with zero attached hydrogens (tertiary/aromatic N) is 3. The zero-order valence-electron chi connectivity index (χ0n) is 18.3. The zero-order valence-corrected chi connectivity index (χ0v) is 19.1. The van der Waals surface area contributed by atoms with E-state index in [2.05, 4.69) is 15.6 Å². The molecule has 3 heterocycles. The second-order valence-corrected chi connectivity index (χ2v) is 8.98. The molecular formula is C23H27N5O3S. The van der Waals surface area contributed by atoms with Crippen molar-refractivity contribution in [1.82, 2.24) is 15.0 Å². The first-order valence-corrected chi connectivity index (χ1v) is 11.7. The van der Waals surface area contributed by atoms with Crippen LogP contribution >= 0.6 is 11.3 Å². The lowest BCUT2D eigenvalue weighted by Gasteiger charge is -2.12. The molecule has 3 aromatic rings. The number of benzene rings is 1. The predicted molar refractivity (Wildman–Crippen MR) is 125 cm³/mol. The van der Waals surface area contributed by atoms with Gasteiger partial charge in [0, 0.05) is 31.3 Å². The zero-order chi connectivity index (χ0) is 21.9. The van der Waals surface area contributed by atoms with E-state index in [1.807, 2.05) is 24.3 Å². The van der Waals surface area contributed by atoms with Crippen molar-refractivity contribution < 1.29 is 14.2 Å². The largest absolute Gasteiger partial charge is 0.497 e. The van der Waals surface area contributed by atoms with Crippen molar-refractivity contribution in [2.75, 3.05) is 38.0 Å². The summed E-state index contributed by atoms with van der Waals surface area (Å²) in [4.78, 5) is 15.2. The van der Waals surface area contributed by atoms with Crippen molar-refractivity contribution in [2.45, 2.75) is 37.7 Å². The highest BCUT2D eigenvalue weighted by molar-refractivity contribution is 7.19. The van der Waals surface area contributed by atoms with Gasteiger partial charge in [0.1, 0.15) is 11.5 Å². The molecule has 5 rings (SSSR count). The maximum atomic E-state index is 5.73. The van der Waals surface area contributed by atoms with Crippen LogP contribution in [0.1, 0.15) is 37.3 Å². The van der Waals surface area contributed by atoms with Crippen molar-refractivity contribution in [3.05, 3.63) is 36.2 Å². The standard InChI is InChI=1S/C23H27N5O3S/c1-29-15-7-8-19(30-2)18(12-15)27-22-24-10-9-17(26-22)21-20(14-5-6-14)28-23(32-21)25-13-16-4-3-11-31-16/h7-10,12,14,16H,3-6,11,13H2,1-2H3,(H,25,28)(H,24,26,27). The molecule has 1 aliphatic heterocycles. The van der Waals surface area contributed by atoms with Gasteiger partial charge in [0.2, 0.25) is 5.95 Å². The first kappa shape index (κ1) is 21.0. The van der Waals surface area contributed by atoms with E-state index in [1.54, 1.807) is 31.8 Å². The molecule has 0 amide bonds. The van der Waals surface area contributed by atoms with Gasteiger partial charge in [0.05, 0.1) is 42.3 Å². The summed E-state index contributed by atoms with van der Waals surface area (Å²) in [7, 11) is 3.27. The molecule has 1 unspecified atom stereocenters. The van der Waals surface area contributed by atoms with Crippen molar-refractivity contribution in [3.8, 4) is 22.1 Å². The molecule has 2 aromatic heterocycles. The summed E-state index contributed by atoms with van der Waals surface area (Å²) in [6.07, 6.45) is 6.65. The molecule has 32 heavy (non-hydrogen) atoms. The van der Waals surface area contributed by atoms with Crippen LogP contribution in [-0.4, -0.2) is 48.4 Å². The third-order valence-electron chi connectivity index (χ3n) is 5.66. The van der Waals surface area contributed by atoms with Crippen LogP contribution in [0.4, 0.5) is 16.8 Å². The molecule has 0 spiro atoms. The summed E-state index contributed by atoms with van der Waals surface area (Å²) in [5.74, 6) is 2.43. The topological polar surface area (TPSA) is 90.4 Å². The third kappa shape index (κ3) is 4.63. The van der Waals surface area contributed by atoms with Crippen LogP contribution in [-0.2, 0) is 4.74 Å². The Hall–Kier alpha value is -2.91. The maximum absolute atomic E-state index is 5.73. The van der Waals surface area contributed by atoms with Crippen molar-refractivity contribution >= 4 is 28.1 Å². The minimum atomic E-state index is 0.277. The van der Waals surface area contributed by atoms with Crippen molar-refractivity contribution in [1.29, 1.82) is 0 Å². The van der Waals surface area contributed by atoms with Gasteiger partial charge in [-0.1, -0.05) is 11.3 Å². The van der Waals surface area contributed by atoms with Crippen LogP contribution in [0.2, 0.25) is 0 Å². The van der Waals surface area contributed by atoms with Gasteiger partial charge in [0.15, 0.2) is 5.13 Å². The summed E-state index contributed by atoms with van der Waals surface area (Å²) in [5, 5.41) is 7.67. The van der Waals surface area contributed by atoms with E-state index in [9.17, 15) is 0 Å². The average molecular weight is 454 g/mol. The summed E-state index contributed by atoms with van der Waals surface area (Å²) in [6.45, 7) is 1.65. The highest BCUT2D eigenvalue weighted by Crippen LogP contribution is 2.47. The molecule has 2 N–H and O–H groups in total.